The van der Waals surface area contributed by atoms with Gasteiger partial charge in [-0.15, -0.1) is 11.3 Å². The number of thiophene rings is 1. The second kappa shape index (κ2) is 8.57. The molecule has 2 aliphatic rings. The lowest BCUT2D eigenvalue weighted by molar-refractivity contribution is -0.138. The van der Waals surface area contributed by atoms with E-state index in [1.165, 1.54) is 11.3 Å². The number of allylic oxidation sites excluding steroid dienone is 2. The Hall–Kier alpha value is -2.09. The average molecular weight is 508 g/mol. The predicted octanol–water partition coefficient (Wildman–Crippen LogP) is 5.51. The number of Topliss-reactive ketones (excluding diaryl/α,β-unsaturated/α-hetero) is 1. The Morgan fingerprint density at radius 3 is 2.70 bits per heavy atom. The van der Waals surface area contributed by atoms with Crippen molar-refractivity contribution in [2.45, 2.75) is 32.1 Å². The third kappa shape index (κ3) is 3.70. The summed E-state index contributed by atoms with van der Waals surface area (Å²) >= 11 is 11.0. The third-order valence-electron chi connectivity index (χ3n) is 5.25. The van der Waals surface area contributed by atoms with Crippen molar-refractivity contribution >= 4 is 56.3 Å². The molecule has 0 amide bonds. The minimum Gasteiger partial charge on any atom is -0.463 e. The molecular formula is C22H20BrClN2O3S. The zero-order valence-electron chi connectivity index (χ0n) is 16.3. The minimum atomic E-state index is -0.535. The summed E-state index contributed by atoms with van der Waals surface area (Å²) in [6, 6.07) is 9.14. The van der Waals surface area contributed by atoms with E-state index < -0.39 is 11.9 Å². The summed E-state index contributed by atoms with van der Waals surface area (Å²) in [5, 5.41) is 2.53. The van der Waals surface area contributed by atoms with Gasteiger partial charge in [-0.25, -0.2) is 4.79 Å². The van der Waals surface area contributed by atoms with Crippen LogP contribution in [0.25, 0.3) is 0 Å². The fraction of sp³-hybridized carbons (Fsp3) is 0.273. The monoisotopic (exact) mass is 506 g/mol. The zero-order valence-corrected chi connectivity index (χ0v) is 19.4. The number of ether oxygens (including phenoxy) is 1. The largest absolute Gasteiger partial charge is 0.463 e. The van der Waals surface area contributed by atoms with Crippen LogP contribution in [0.15, 0.2) is 62.8 Å². The van der Waals surface area contributed by atoms with E-state index in [0.717, 1.165) is 27.2 Å². The third-order valence-corrected chi connectivity index (χ3v) is 7.26. The fourth-order valence-corrected chi connectivity index (χ4v) is 5.73. The highest BCUT2D eigenvalue weighted by Gasteiger charge is 2.43. The van der Waals surface area contributed by atoms with Gasteiger partial charge in [0.25, 0.3) is 0 Å². The topological polar surface area (TPSA) is 72.6 Å². The fourth-order valence-electron chi connectivity index (χ4n) is 4.05. The van der Waals surface area contributed by atoms with Crippen molar-refractivity contribution in [3.63, 3.8) is 0 Å². The van der Waals surface area contributed by atoms with E-state index in [1.54, 1.807) is 19.1 Å². The van der Waals surface area contributed by atoms with Gasteiger partial charge in [0.1, 0.15) is 5.82 Å². The molecule has 2 heterocycles. The average Bonchev–Trinajstić information content (AvgIpc) is 3.14. The van der Waals surface area contributed by atoms with E-state index in [1.807, 2.05) is 28.5 Å². The molecule has 1 aliphatic carbocycles. The normalized spacial score (nSPS) is 19.2. The van der Waals surface area contributed by atoms with Crippen LogP contribution in [0.2, 0.25) is 5.02 Å². The van der Waals surface area contributed by atoms with Gasteiger partial charge in [0.2, 0.25) is 0 Å². The summed E-state index contributed by atoms with van der Waals surface area (Å²) in [5.41, 5.74) is 9.16. The summed E-state index contributed by atoms with van der Waals surface area (Å²) in [6.07, 6.45) is 1.89. The smallest absolute Gasteiger partial charge is 0.338 e. The van der Waals surface area contributed by atoms with Gasteiger partial charge >= 0.3 is 5.97 Å². The molecule has 5 nitrogen and oxygen atoms in total. The van der Waals surface area contributed by atoms with Crippen molar-refractivity contribution in [3.8, 4) is 0 Å². The number of ketones is 1. The van der Waals surface area contributed by atoms with Crippen LogP contribution in [0.1, 0.15) is 37.0 Å². The van der Waals surface area contributed by atoms with Crippen molar-refractivity contribution in [1.29, 1.82) is 0 Å². The summed E-state index contributed by atoms with van der Waals surface area (Å²) < 4.78 is 6.26. The van der Waals surface area contributed by atoms with E-state index >= 15 is 0 Å². The SMILES string of the molecule is CCOC(=O)C1=C(N)N(c2ccc(Cl)cc2)C2=C(C(=O)CCC2)[C@H]1c1cc(Br)cs1. The van der Waals surface area contributed by atoms with Gasteiger partial charge in [-0.2, -0.15) is 0 Å². The number of esters is 1. The molecule has 0 spiro atoms. The van der Waals surface area contributed by atoms with Crippen LogP contribution in [0, 0.1) is 0 Å². The Labute approximate surface area is 192 Å². The summed E-state index contributed by atoms with van der Waals surface area (Å²) in [7, 11) is 0. The van der Waals surface area contributed by atoms with E-state index in [0.29, 0.717) is 34.8 Å². The molecule has 30 heavy (non-hydrogen) atoms. The first-order chi connectivity index (χ1) is 14.4. The lowest BCUT2D eigenvalue weighted by Crippen LogP contribution is -2.40. The number of benzene rings is 1. The molecule has 2 aromatic rings. The first-order valence-corrected chi connectivity index (χ1v) is 11.7. The standard InChI is InChI=1S/C22H20BrClN2O3S/c1-2-29-22(28)20-19(17-10-12(23)11-30-17)18-15(4-3-5-16(18)27)26(21(20)25)14-8-6-13(24)7-9-14/h6-11,19H,2-5,25H2,1H3/t19-/m1/s1. The number of carbonyl (C=O) groups is 2. The Balaban J connectivity index is 1.97. The van der Waals surface area contributed by atoms with Crippen molar-refractivity contribution in [2.75, 3.05) is 11.5 Å². The Morgan fingerprint density at radius 1 is 1.33 bits per heavy atom. The molecule has 2 N–H and O–H groups in total. The maximum atomic E-state index is 13.2. The first kappa shape index (κ1) is 21.2. The molecule has 1 aliphatic heterocycles. The molecule has 0 unspecified atom stereocenters. The van der Waals surface area contributed by atoms with E-state index in [9.17, 15) is 9.59 Å². The highest BCUT2D eigenvalue weighted by Crippen LogP contribution is 2.48. The minimum absolute atomic E-state index is 0.0408. The molecule has 1 aromatic carbocycles. The molecule has 1 aromatic heterocycles. The lowest BCUT2D eigenvalue weighted by Gasteiger charge is -2.40. The van der Waals surface area contributed by atoms with Crippen LogP contribution in [0.4, 0.5) is 5.69 Å². The molecule has 0 fully saturated rings. The second-order valence-electron chi connectivity index (χ2n) is 7.07. The molecule has 0 radical (unpaired) electrons. The summed E-state index contributed by atoms with van der Waals surface area (Å²) in [5.74, 6) is -0.710. The lowest BCUT2D eigenvalue weighted by atomic mass is 9.77. The van der Waals surface area contributed by atoms with E-state index in [2.05, 4.69) is 15.9 Å². The molecule has 0 bridgehead atoms. The van der Waals surface area contributed by atoms with Gasteiger partial charge in [-0.05, 0) is 66.0 Å². The number of halogens is 2. The predicted molar refractivity (Wildman–Crippen MR) is 122 cm³/mol. The van der Waals surface area contributed by atoms with Crippen LogP contribution in [-0.2, 0) is 14.3 Å². The molecule has 156 valence electrons. The maximum absolute atomic E-state index is 13.2. The maximum Gasteiger partial charge on any atom is 0.338 e. The van der Waals surface area contributed by atoms with Crippen LogP contribution >= 0.6 is 38.9 Å². The van der Waals surface area contributed by atoms with E-state index in [-0.39, 0.29) is 12.4 Å². The summed E-state index contributed by atoms with van der Waals surface area (Å²) in [4.78, 5) is 28.9. The molecule has 4 rings (SSSR count). The number of hydrogen-bond donors (Lipinski definition) is 1. The van der Waals surface area contributed by atoms with Crippen molar-refractivity contribution < 1.29 is 14.3 Å². The Morgan fingerprint density at radius 2 is 2.07 bits per heavy atom. The van der Waals surface area contributed by atoms with Gasteiger partial charge in [0, 0.05) is 43.1 Å². The van der Waals surface area contributed by atoms with Gasteiger partial charge in [0.15, 0.2) is 5.78 Å². The van der Waals surface area contributed by atoms with Gasteiger partial charge in [0.05, 0.1) is 18.1 Å². The van der Waals surface area contributed by atoms with Crippen LogP contribution in [0.5, 0.6) is 0 Å². The molecular weight excluding hydrogens is 488 g/mol. The summed E-state index contributed by atoms with van der Waals surface area (Å²) in [6.45, 7) is 1.97. The number of rotatable bonds is 4. The zero-order chi connectivity index (χ0) is 21.4. The molecule has 1 atom stereocenters. The van der Waals surface area contributed by atoms with Gasteiger partial charge in [-0.3, -0.25) is 9.69 Å². The van der Waals surface area contributed by atoms with Crippen molar-refractivity contribution in [1.82, 2.24) is 0 Å². The molecule has 8 heteroatoms. The van der Waals surface area contributed by atoms with Gasteiger partial charge < -0.3 is 10.5 Å². The van der Waals surface area contributed by atoms with Crippen molar-refractivity contribution in [2.24, 2.45) is 5.73 Å². The molecule has 0 saturated carbocycles. The van der Waals surface area contributed by atoms with Crippen LogP contribution in [0.3, 0.4) is 0 Å². The van der Waals surface area contributed by atoms with Crippen molar-refractivity contribution in [3.05, 3.63) is 72.7 Å². The number of anilines is 1. The molecule has 0 saturated heterocycles. The Bertz CT molecular complexity index is 1070. The second-order valence-corrected chi connectivity index (χ2v) is 9.36. The van der Waals surface area contributed by atoms with Gasteiger partial charge in [-0.1, -0.05) is 11.6 Å². The number of nitrogens with two attached hydrogens (primary N) is 1. The Kier molecular flexibility index (Phi) is 6.04. The highest BCUT2D eigenvalue weighted by molar-refractivity contribution is 9.10. The van der Waals surface area contributed by atoms with Crippen LogP contribution < -0.4 is 10.6 Å². The number of nitrogens with zero attached hydrogens (tertiary/aromatic N) is 1. The quantitative estimate of drug-likeness (QED) is 0.553. The number of carbonyl (C=O) groups excluding carboxylic acids is 2. The highest BCUT2D eigenvalue weighted by atomic mass is 79.9. The number of hydrogen-bond acceptors (Lipinski definition) is 6. The first-order valence-electron chi connectivity index (χ1n) is 9.65. The van der Waals surface area contributed by atoms with Crippen LogP contribution in [-0.4, -0.2) is 18.4 Å². The van der Waals surface area contributed by atoms with E-state index in [4.69, 9.17) is 22.1 Å².